The lowest BCUT2D eigenvalue weighted by molar-refractivity contribution is -0.116. The number of carbonyl (C=O) groups is 1. The minimum atomic E-state index is -0.0252. The number of nitrogens with zero attached hydrogens (tertiary/aromatic N) is 1. The van der Waals surface area contributed by atoms with Crippen LogP contribution in [0.15, 0.2) is 53.5 Å². The third-order valence-corrected chi connectivity index (χ3v) is 5.38. The first kappa shape index (κ1) is 23.2. The van der Waals surface area contributed by atoms with Gasteiger partial charge in [0.15, 0.2) is 5.96 Å². The van der Waals surface area contributed by atoms with Crippen LogP contribution in [0.2, 0.25) is 0 Å². The van der Waals surface area contributed by atoms with Crippen molar-refractivity contribution in [3.05, 3.63) is 65.2 Å². The van der Waals surface area contributed by atoms with Gasteiger partial charge in [-0.1, -0.05) is 61.9 Å². The maximum Gasteiger partial charge on any atom is 0.225 e. The lowest BCUT2D eigenvalue weighted by Crippen LogP contribution is -2.45. The van der Waals surface area contributed by atoms with Crippen molar-refractivity contribution >= 4 is 41.5 Å². The molecule has 156 valence electrons. The summed E-state index contributed by atoms with van der Waals surface area (Å²) in [5, 5.41) is 9.77. The highest BCUT2D eigenvalue weighted by Gasteiger charge is 2.25. The summed E-state index contributed by atoms with van der Waals surface area (Å²) >= 11 is 0. The van der Waals surface area contributed by atoms with Crippen LogP contribution in [0.3, 0.4) is 0 Å². The number of rotatable bonds is 5. The third kappa shape index (κ3) is 5.95. The fourth-order valence-electron chi connectivity index (χ4n) is 3.54. The summed E-state index contributed by atoms with van der Waals surface area (Å²) in [6.07, 6.45) is 0.482. The van der Waals surface area contributed by atoms with E-state index < -0.39 is 0 Å². The van der Waals surface area contributed by atoms with Gasteiger partial charge in [-0.2, -0.15) is 0 Å². The van der Waals surface area contributed by atoms with E-state index in [0.717, 1.165) is 18.2 Å². The molecule has 0 aliphatic carbocycles. The molecule has 3 rings (SSSR count). The molecule has 1 aliphatic rings. The van der Waals surface area contributed by atoms with Gasteiger partial charge in [-0.15, -0.1) is 24.0 Å². The van der Waals surface area contributed by atoms with Gasteiger partial charge >= 0.3 is 0 Å². The zero-order valence-electron chi connectivity index (χ0n) is 17.6. The lowest BCUT2D eigenvalue weighted by Gasteiger charge is -2.29. The van der Waals surface area contributed by atoms with Crippen molar-refractivity contribution in [1.82, 2.24) is 10.6 Å². The zero-order chi connectivity index (χ0) is 20.1. The van der Waals surface area contributed by atoms with E-state index in [-0.39, 0.29) is 41.2 Å². The molecule has 3 N–H and O–H groups in total. The molecule has 1 heterocycles. The molecular weight excluding hydrogens is 475 g/mol. The van der Waals surface area contributed by atoms with Gasteiger partial charge in [0.25, 0.3) is 0 Å². The lowest BCUT2D eigenvalue weighted by atomic mass is 9.84. The summed E-state index contributed by atoms with van der Waals surface area (Å²) in [7, 11) is 1.77. The highest BCUT2D eigenvalue weighted by atomic mass is 127. The van der Waals surface area contributed by atoms with Crippen molar-refractivity contribution in [1.29, 1.82) is 0 Å². The van der Waals surface area contributed by atoms with Gasteiger partial charge in [0.1, 0.15) is 0 Å². The molecule has 0 fully saturated rings. The molecule has 2 aromatic rings. The van der Waals surface area contributed by atoms with Gasteiger partial charge < -0.3 is 16.0 Å². The maximum absolute atomic E-state index is 12.0. The second-order valence-electron chi connectivity index (χ2n) is 8.09. The Labute approximate surface area is 190 Å². The number of guanidine groups is 1. The van der Waals surface area contributed by atoms with Crippen LogP contribution in [0.1, 0.15) is 42.9 Å². The molecule has 1 atom stereocenters. The number of carbonyl (C=O) groups excluding carboxylic acids is 1. The molecule has 0 bridgehead atoms. The van der Waals surface area contributed by atoms with E-state index in [0.29, 0.717) is 13.0 Å². The zero-order valence-corrected chi connectivity index (χ0v) is 19.9. The van der Waals surface area contributed by atoms with Crippen molar-refractivity contribution in [2.24, 2.45) is 4.99 Å². The van der Waals surface area contributed by atoms with E-state index in [1.54, 1.807) is 7.05 Å². The predicted octanol–water partition coefficient (Wildman–Crippen LogP) is 4.18. The normalized spacial score (nSPS) is 16.3. The molecule has 0 saturated carbocycles. The van der Waals surface area contributed by atoms with Gasteiger partial charge in [-0.3, -0.25) is 9.79 Å². The summed E-state index contributed by atoms with van der Waals surface area (Å²) in [5.41, 5.74) is 4.61. The molecule has 1 aliphatic heterocycles. The van der Waals surface area contributed by atoms with Crippen LogP contribution in [-0.4, -0.2) is 32.0 Å². The predicted molar refractivity (Wildman–Crippen MR) is 131 cm³/mol. The van der Waals surface area contributed by atoms with Crippen molar-refractivity contribution in [2.75, 3.05) is 25.5 Å². The number of nitrogens with one attached hydrogen (secondary N) is 3. The fourth-order valence-corrected chi connectivity index (χ4v) is 3.54. The number of hydrogen-bond donors (Lipinski definition) is 3. The van der Waals surface area contributed by atoms with E-state index in [9.17, 15) is 4.79 Å². The number of fused-ring (bicyclic) bond motifs is 1. The van der Waals surface area contributed by atoms with Crippen LogP contribution in [0.5, 0.6) is 0 Å². The van der Waals surface area contributed by atoms with Crippen molar-refractivity contribution in [2.45, 2.75) is 38.5 Å². The molecule has 1 unspecified atom stereocenters. The van der Waals surface area contributed by atoms with Gasteiger partial charge in [-0.25, -0.2) is 0 Å². The van der Waals surface area contributed by atoms with Crippen LogP contribution < -0.4 is 16.0 Å². The molecule has 0 saturated heterocycles. The number of halogens is 1. The Kier molecular flexibility index (Phi) is 8.07. The summed E-state index contributed by atoms with van der Waals surface area (Å²) in [5.74, 6) is 0.950. The van der Waals surface area contributed by atoms with Crippen molar-refractivity contribution in [3.63, 3.8) is 0 Å². The smallest absolute Gasteiger partial charge is 0.225 e. The van der Waals surface area contributed by atoms with Gasteiger partial charge in [0.05, 0.1) is 0 Å². The Bertz CT molecular complexity index is 861. The Morgan fingerprint density at radius 2 is 1.83 bits per heavy atom. The van der Waals surface area contributed by atoms with Crippen LogP contribution in [0.4, 0.5) is 5.69 Å². The van der Waals surface area contributed by atoms with Gasteiger partial charge in [-0.05, 0) is 24.1 Å². The topological polar surface area (TPSA) is 65.5 Å². The number of para-hydroxylation sites is 1. The number of hydrogen-bond acceptors (Lipinski definition) is 2. The van der Waals surface area contributed by atoms with Gasteiger partial charge in [0.2, 0.25) is 5.91 Å². The van der Waals surface area contributed by atoms with E-state index in [2.05, 4.69) is 72.0 Å². The second-order valence-corrected chi connectivity index (χ2v) is 8.09. The maximum atomic E-state index is 12.0. The summed E-state index contributed by atoms with van der Waals surface area (Å²) in [6.45, 7) is 7.97. The molecular formula is C23H31IN4O. The molecule has 2 aromatic carbocycles. The Hall–Kier alpha value is -2.09. The van der Waals surface area contributed by atoms with Crippen LogP contribution in [0, 0.1) is 6.92 Å². The Morgan fingerprint density at radius 1 is 1.14 bits per heavy atom. The first-order chi connectivity index (χ1) is 13.4. The molecule has 1 amide bonds. The fraction of sp³-hybridized carbons (Fsp3) is 0.391. The van der Waals surface area contributed by atoms with E-state index in [1.165, 1.54) is 16.7 Å². The third-order valence-electron chi connectivity index (χ3n) is 5.38. The Balaban J connectivity index is 0.00000300. The number of aliphatic imine (C=N–C) groups is 1. The molecule has 0 radical (unpaired) electrons. The number of amides is 1. The standard InChI is InChI=1S/C23H30N4O.HI/c1-16-9-11-18(12-10-16)23(2,3)15-26-22(24-4)25-14-17-13-21(28)27-20-8-6-5-7-19(17)20;/h5-12,17H,13-15H2,1-4H3,(H,27,28)(H2,24,25,26);1H. The van der Waals surface area contributed by atoms with E-state index >= 15 is 0 Å². The average Bonchev–Trinajstić information content (AvgIpc) is 2.68. The van der Waals surface area contributed by atoms with Crippen LogP contribution in [-0.2, 0) is 10.2 Å². The SMILES string of the molecule is CN=C(NCC1CC(=O)Nc2ccccc21)NCC(C)(C)c1ccc(C)cc1.I. The minimum Gasteiger partial charge on any atom is -0.356 e. The summed E-state index contributed by atoms with van der Waals surface area (Å²) in [4.78, 5) is 16.4. The number of aryl methyl sites for hydroxylation is 1. The second kappa shape index (κ2) is 10.1. The van der Waals surface area contributed by atoms with Crippen molar-refractivity contribution in [3.8, 4) is 0 Å². The highest BCUT2D eigenvalue weighted by molar-refractivity contribution is 14.0. The average molecular weight is 506 g/mol. The highest BCUT2D eigenvalue weighted by Crippen LogP contribution is 2.31. The first-order valence-corrected chi connectivity index (χ1v) is 9.79. The largest absolute Gasteiger partial charge is 0.356 e. The quantitative estimate of drug-likeness (QED) is 0.324. The minimum absolute atomic E-state index is 0. The molecule has 29 heavy (non-hydrogen) atoms. The monoisotopic (exact) mass is 506 g/mol. The molecule has 0 aromatic heterocycles. The van der Waals surface area contributed by atoms with E-state index in [4.69, 9.17) is 0 Å². The molecule has 0 spiro atoms. The van der Waals surface area contributed by atoms with Crippen LogP contribution >= 0.6 is 24.0 Å². The summed E-state index contributed by atoms with van der Waals surface area (Å²) < 4.78 is 0. The Morgan fingerprint density at radius 3 is 2.52 bits per heavy atom. The number of anilines is 1. The molecule has 5 nitrogen and oxygen atoms in total. The van der Waals surface area contributed by atoms with Crippen molar-refractivity contribution < 1.29 is 4.79 Å². The number of benzene rings is 2. The first-order valence-electron chi connectivity index (χ1n) is 9.79. The summed E-state index contributed by atoms with van der Waals surface area (Å²) in [6, 6.07) is 16.7. The van der Waals surface area contributed by atoms with Crippen LogP contribution in [0.25, 0.3) is 0 Å². The van der Waals surface area contributed by atoms with Gasteiger partial charge in [0, 0.05) is 43.6 Å². The van der Waals surface area contributed by atoms with E-state index in [1.807, 2.05) is 18.2 Å². The molecule has 6 heteroatoms.